The molecule has 0 atom stereocenters. The van der Waals surface area contributed by atoms with Gasteiger partial charge in [-0.3, -0.25) is 0 Å². The lowest BCUT2D eigenvalue weighted by molar-refractivity contribution is 0.127. The second-order valence-electron chi connectivity index (χ2n) is 4.46. The lowest BCUT2D eigenvalue weighted by Gasteiger charge is -2.08. The summed E-state index contributed by atoms with van der Waals surface area (Å²) in [6, 6.07) is 3.20. The van der Waals surface area contributed by atoms with Crippen molar-refractivity contribution in [1.82, 2.24) is 0 Å². The molecule has 87 valence electrons. The Morgan fingerprint density at radius 3 is 2.62 bits per heavy atom. The highest BCUT2D eigenvalue weighted by Gasteiger charge is 2.07. The summed E-state index contributed by atoms with van der Waals surface area (Å²) in [4.78, 5) is 4.84. The van der Waals surface area contributed by atoms with E-state index in [1.165, 1.54) is 0 Å². The van der Waals surface area contributed by atoms with Crippen molar-refractivity contribution in [3.05, 3.63) is 35.4 Å². The maximum atomic E-state index is 13.1. The van der Waals surface area contributed by atoms with E-state index in [9.17, 15) is 8.78 Å². The summed E-state index contributed by atoms with van der Waals surface area (Å²) in [7, 11) is 0. The summed E-state index contributed by atoms with van der Waals surface area (Å²) in [5, 5.41) is 3.57. The van der Waals surface area contributed by atoms with Gasteiger partial charge in [-0.1, -0.05) is 25.9 Å². The second kappa shape index (κ2) is 5.05. The molecule has 4 heteroatoms. The molecule has 1 aromatic rings. The Morgan fingerprint density at radius 2 is 2.00 bits per heavy atom. The standard InChI is InChI=1S/C12H14F2NO/c1-12(2,3)8-15-16-7-9-6-10(13)4-5-11(9)14/h4-6H,7H2,1-3H3. The largest absolute Gasteiger partial charge is 0.391 e. The van der Waals surface area contributed by atoms with Gasteiger partial charge in [-0.05, 0) is 18.2 Å². The number of nitrogens with zero attached hydrogens (tertiary/aromatic N) is 1. The Morgan fingerprint density at radius 1 is 1.31 bits per heavy atom. The summed E-state index contributed by atoms with van der Waals surface area (Å²) >= 11 is 0. The topological polar surface area (TPSA) is 21.6 Å². The van der Waals surface area contributed by atoms with Crippen LogP contribution in [0.4, 0.5) is 8.78 Å². The summed E-state index contributed by atoms with van der Waals surface area (Å²) in [6.45, 7) is 5.61. The minimum atomic E-state index is -0.507. The molecule has 0 fully saturated rings. The van der Waals surface area contributed by atoms with Crippen molar-refractivity contribution < 1.29 is 13.6 Å². The highest BCUT2D eigenvalue weighted by molar-refractivity contribution is 5.63. The minimum Gasteiger partial charge on any atom is -0.391 e. The first kappa shape index (κ1) is 12.6. The van der Waals surface area contributed by atoms with E-state index < -0.39 is 11.6 Å². The van der Waals surface area contributed by atoms with Crippen molar-refractivity contribution in [3.63, 3.8) is 0 Å². The van der Waals surface area contributed by atoms with Gasteiger partial charge in [-0.2, -0.15) is 0 Å². The molecule has 0 saturated carbocycles. The summed E-state index contributed by atoms with van der Waals surface area (Å²) in [5.41, 5.74) is -0.0834. The van der Waals surface area contributed by atoms with Gasteiger partial charge < -0.3 is 4.84 Å². The van der Waals surface area contributed by atoms with Crippen molar-refractivity contribution in [3.8, 4) is 0 Å². The van der Waals surface area contributed by atoms with Gasteiger partial charge in [0.25, 0.3) is 0 Å². The van der Waals surface area contributed by atoms with Crippen LogP contribution in [-0.2, 0) is 11.4 Å². The van der Waals surface area contributed by atoms with Crippen molar-refractivity contribution >= 4 is 6.21 Å². The van der Waals surface area contributed by atoms with Gasteiger partial charge in [-0.25, -0.2) is 8.78 Å². The fraction of sp³-hybridized carbons (Fsp3) is 0.417. The van der Waals surface area contributed by atoms with E-state index in [-0.39, 0.29) is 17.6 Å². The van der Waals surface area contributed by atoms with E-state index >= 15 is 0 Å². The number of halogens is 2. The first-order valence-electron chi connectivity index (χ1n) is 4.91. The average Bonchev–Trinajstić information content (AvgIpc) is 2.16. The SMILES string of the molecule is CC(C)(C)/[C]=N\OCc1cc(F)ccc1F. The molecular weight excluding hydrogens is 212 g/mol. The molecular formula is C12H14F2NO. The van der Waals surface area contributed by atoms with Crippen LogP contribution < -0.4 is 0 Å². The van der Waals surface area contributed by atoms with E-state index in [2.05, 4.69) is 11.4 Å². The quantitative estimate of drug-likeness (QED) is 0.572. The van der Waals surface area contributed by atoms with Gasteiger partial charge in [0.05, 0.1) is 0 Å². The molecule has 16 heavy (non-hydrogen) atoms. The van der Waals surface area contributed by atoms with Crippen LogP contribution in [0.3, 0.4) is 0 Å². The molecule has 1 radical (unpaired) electrons. The monoisotopic (exact) mass is 226 g/mol. The predicted octanol–water partition coefficient (Wildman–Crippen LogP) is 3.39. The van der Waals surface area contributed by atoms with Gasteiger partial charge in [-0.15, -0.1) is 0 Å². The molecule has 0 aromatic heterocycles. The van der Waals surface area contributed by atoms with Crippen LogP contribution >= 0.6 is 0 Å². The van der Waals surface area contributed by atoms with Gasteiger partial charge in [0.2, 0.25) is 0 Å². The fourth-order valence-electron chi connectivity index (χ4n) is 0.925. The van der Waals surface area contributed by atoms with Crippen molar-refractivity contribution in [2.75, 3.05) is 0 Å². The van der Waals surface area contributed by atoms with Crippen molar-refractivity contribution in [1.29, 1.82) is 0 Å². The Hall–Kier alpha value is -1.45. The van der Waals surface area contributed by atoms with E-state index in [0.717, 1.165) is 18.2 Å². The van der Waals surface area contributed by atoms with E-state index in [1.54, 1.807) is 0 Å². The molecule has 0 aliphatic carbocycles. The van der Waals surface area contributed by atoms with Crippen molar-refractivity contribution in [2.45, 2.75) is 27.4 Å². The minimum absolute atomic E-state index is 0.104. The average molecular weight is 226 g/mol. The summed E-state index contributed by atoms with van der Waals surface area (Å²) < 4.78 is 25.9. The third-order valence-corrected chi connectivity index (χ3v) is 1.67. The van der Waals surface area contributed by atoms with Crippen LogP contribution in [0.2, 0.25) is 0 Å². The zero-order valence-corrected chi connectivity index (χ0v) is 9.55. The highest BCUT2D eigenvalue weighted by Crippen LogP contribution is 2.12. The number of rotatable bonds is 3. The number of hydrogen-bond donors (Lipinski definition) is 0. The maximum absolute atomic E-state index is 13.1. The van der Waals surface area contributed by atoms with Crippen LogP contribution in [-0.4, -0.2) is 6.21 Å². The molecule has 0 aliphatic rings. The molecule has 0 N–H and O–H groups in total. The summed E-state index contributed by atoms with van der Waals surface area (Å²) in [5.74, 6) is -1.00. The molecule has 0 amide bonds. The van der Waals surface area contributed by atoms with E-state index in [4.69, 9.17) is 4.84 Å². The molecule has 0 heterocycles. The summed E-state index contributed by atoms with van der Waals surface area (Å²) in [6.07, 6.45) is 2.71. The van der Waals surface area contributed by atoms with Crippen LogP contribution in [0.5, 0.6) is 0 Å². The first-order valence-corrected chi connectivity index (χ1v) is 4.91. The van der Waals surface area contributed by atoms with Gasteiger partial charge in [0, 0.05) is 11.0 Å². The van der Waals surface area contributed by atoms with Gasteiger partial charge in [0.1, 0.15) is 24.5 Å². The Labute approximate surface area is 93.9 Å². The normalized spacial score (nSPS) is 12.1. The second-order valence-corrected chi connectivity index (χ2v) is 4.46. The van der Waals surface area contributed by atoms with Gasteiger partial charge >= 0.3 is 0 Å². The van der Waals surface area contributed by atoms with E-state index in [1.807, 2.05) is 20.8 Å². The molecule has 0 spiro atoms. The number of benzene rings is 1. The fourth-order valence-corrected chi connectivity index (χ4v) is 0.925. The molecule has 2 nitrogen and oxygen atoms in total. The van der Waals surface area contributed by atoms with Crippen LogP contribution in [0.25, 0.3) is 0 Å². The van der Waals surface area contributed by atoms with Gasteiger partial charge in [0.15, 0.2) is 0 Å². The van der Waals surface area contributed by atoms with Crippen LogP contribution in [0.1, 0.15) is 26.3 Å². The molecule has 0 saturated heterocycles. The zero-order chi connectivity index (χ0) is 12.2. The third kappa shape index (κ3) is 4.38. The lowest BCUT2D eigenvalue weighted by atomic mass is 10.00. The zero-order valence-electron chi connectivity index (χ0n) is 9.55. The Kier molecular flexibility index (Phi) is 3.99. The molecule has 0 aliphatic heterocycles. The molecule has 1 aromatic carbocycles. The Bertz CT molecular complexity index is 383. The Balaban J connectivity index is 2.55. The number of hydrogen-bond acceptors (Lipinski definition) is 2. The predicted molar refractivity (Wildman–Crippen MR) is 58.0 cm³/mol. The maximum Gasteiger partial charge on any atom is 0.145 e. The lowest BCUT2D eigenvalue weighted by Crippen LogP contribution is -2.06. The first-order chi connectivity index (χ1) is 7.38. The molecule has 1 rings (SSSR count). The molecule has 0 bridgehead atoms. The third-order valence-electron chi connectivity index (χ3n) is 1.67. The highest BCUT2D eigenvalue weighted by atomic mass is 19.1. The smallest absolute Gasteiger partial charge is 0.145 e. The van der Waals surface area contributed by atoms with Crippen LogP contribution in [0, 0.1) is 17.0 Å². The molecule has 0 unspecified atom stereocenters. The van der Waals surface area contributed by atoms with Crippen LogP contribution in [0.15, 0.2) is 23.4 Å². The van der Waals surface area contributed by atoms with Crippen molar-refractivity contribution in [2.24, 2.45) is 10.6 Å². The van der Waals surface area contributed by atoms with E-state index in [0.29, 0.717) is 0 Å².